The van der Waals surface area contributed by atoms with Crippen LogP contribution in [0.25, 0.3) is 0 Å². The van der Waals surface area contributed by atoms with Crippen LogP contribution in [0.15, 0.2) is 42.5 Å². The van der Waals surface area contributed by atoms with E-state index in [9.17, 15) is 10.0 Å². The van der Waals surface area contributed by atoms with E-state index in [2.05, 4.69) is 0 Å². The molecule has 0 aromatic heterocycles. The summed E-state index contributed by atoms with van der Waals surface area (Å²) in [6.45, 7) is 0.174. The first-order chi connectivity index (χ1) is 8.77. The van der Waals surface area contributed by atoms with Gasteiger partial charge in [0.2, 0.25) is 0 Å². The average molecular weight is 247 g/mol. The van der Waals surface area contributed by atoms with Crippen LogP contribution in [0.5, 0.6) is 0 Å². The molecule has 1 aliphatic carbocycles. The molecule has 1 unspecified atom stereocenters. The second kappa shape index (κ2) is 6.21. The maximum atomic E-state index is 11.6. The number of carbonyl (C=O) groups is 1. The number of hydrogen-bond acceptors (Lipinski definition) is 3. The summed E-state index contributed by atoms with van der Waals surface area (Å²) in [6, 6.07) is 9.14. The smallest absolute Gasteiger partial charge is 0.434 e. The van der Waals surface area contributed by atoms with Crippen molar-refractivity contribution in [2.75, 3.05) is 0 Å². The highest BCUT2D eigenvalue weighted by Gasteiger charge is 2.22. The Balaban J connectivity index is 1.84. The molecule has 0 fully saturated rings. The molecule has 0 saturated carbocycles. The highest BCUT2D eigenvalue weighted by molar-refractivity contribution is 5.66. The van der Waals surface area contributed by atoms with Crippen molar-refractivity contribution in [1.29, 1.82) is 0 Å². The Hall–Kier alpha value is -1.81. The van der Waals surface area contributed by atoms with Crippen molar-refractivity contribution in [2.24, 2.45) is 0 Å². The van der Waals surface area contributed by atoms with Gasteiger partial charge in [-0.25, -0.2) is 4.79 Å². The standard InChI is InChI=1S/C14H17NO3/c16-14(15(17)13-9-5-2-6-10-13)18-11-12-7-3-1-4-8-12/h1,3-5,7-9,13,17H,2,6,10-11H2. The number of allylic oxidation sites excluding steroid dienone is 1. The first-order valence-corrected chi connectivity index (χ1v) is 6.13. The number of benzene rings is 1. The molecule has 4 heteroatoms. The van der Waals surface area contributed by atoms with Crippen molar-refractivity contribution in [1.82, 2.24) is 5.06 Å². The van der Waals surface area contributed by atoms with E-state index in [-0.39, 0.29) is 12.6 Å². The molecule has 0 saturated heterocycles. The van der Waals surface area contributed by atoms with Gasteiger partial charge in [0, 0.05) is 0 Å². The van der Waals surface area contributed by atoms with Gasteiger partial charge in [0.15, 0.2) is 0 Å². The Kier molecular flexibility index (Phi) is 4.36. The van der Waals surface area contributed by atoms with Crippen LogP contribution < -0.4 is 0 Å². The topological polar surface area (TPSA) is 49.8 Å². The summed E-state index contributed by atoms with van der Waals surface area (Å²) in [7, 11) is 0. The van der Waals surface area contributed by atoms with E-state index in [0.717, 1.165) is 24.8 Å². The van der Waals surface area contributed by atoms with Crippen LogP contribution in [-0.4, -0.2) is 22.4 Å². The fourth-order valence-electron chi connectivity index (χ4n) is 1.92. The van der Waals surface area contributed by atoms with Gasteiger partial charge in [0.1, 0.15) is 6.61 Å². The van der Waals surface area contributed by atoms with Crippen LogP contribution in [-0.2, 0) is 11.3 Å². The summed E-state index contributed by atoms with van der Waals surface area (Å²) < 4.78 is 5.05. The minimum Gasteiger partial charge on any atom is -0.443 e. The Morgan fingerprint density at radius 1 is 1.39 bits per heavy atom. The van der Waals surface area contributed by atoms with Gasteiger partial charge in [0.05, 0.1) is 6.04 Å². The summed E-state index contributed by atoms with van der Waals surface area (Å²) in [6.07, 6.45) is 5.87. The monoisotopic (exact) mass is 247 g/mol. The lowest BCUT2D eigenvalue weighted by Crippen LogP contribution is -2.37. The number of rotatable bonds is 3. The molecule has 1 amide bonds. The molecule has 0 spiro atoms. The molecule has 2 rings (SSSR count). The van der Waals surface area contributed by atoms with Crippen molar-refractivity contribution in [3.05, 3.63) is 48.0 Å². The molecule has 0 radical (unpaired) electrons. The minimum atomic E-state index is -0.699. The quantitative estimate of drug-likeness (QED) is 0.507. The molecular weight excluding hydrogens is 230 g/mol. The van der Waals surface area contributed by atoms with Gasteiger partial charge in [-0.1, -0.05) is 42.5 Å². The maximum absolute atomic E-state index is 11.6. The summed E-state index contributed by atoms with van der Waals surface area (Å²) in [5.74, 6) is 0. The van der Waals surface area contributed by atoms with Crippen LogP contribution in [0.4, 0.5) is 4.79 Å². The van der Waals surface area contributed by atoms with Crippen molar-refractivity contribution in [3.63, 3.8) is 0 Å². The number of ether oxygens (including phenoxy) is 1. The van der Waals surface area contributed by atoms with E-state index < -0.39 is 6.09 Å². The zero-order valence-corrected chi connectivity index (χ0v) is 10.2. The molecule has 96 valence electrons. The lowest BCUT2D eigenvalue weighted by atomic mass is 10.0. The van der Waals surface area contributed by atoms with Crippen LogP contribution in [0.3, 0.4) is 0 Å². The zero-order valence-electron chi connectivity index (χ0n) is 10.2. The Bertz CT molecular complexity index is 416. The van der Waals surface area contributed by atoms with Gasteiger partial charge < -0.3 is 4.74 Å². The fourth-order valence-corrected chi connectivity index (χ4v) is 1.92. The third-order valence-corrected chi connectivity index (χ3v) is 2.94. The predicted octanol–water partition coefficient (Wildman–Crippen LogP) is 3.12. The Morgan fingerprint density at radius 2 is 2.17 bits per heavy atom. The normalized spacial score (nSPS) is 18.4. The lowest BCUT2D eigenvalue weighted by molar-refractivity contribution is -0.0970. The van der Waals surface area contributed by atoms with E-state index in [1.807, 2.05) is 42.5 Å². The van der Waals surface area contributed by atoms with Gasteiger partial charge in [-0.3, -0.25) is 5.21 Å². The summed E-state index contributed by atoms with van der Waals surface area (Å²) >= 11 is 0. The number of hydroxylamine groups is 2. The molecule has 1 aromatic rings. The second-order valence-electron chi connectivity index (χ2n) is 4.31. The van der Waals surface area contributed by atoms with Crippen LogP contribution >= 0.6 is 0 Å². The van der Waals surface area contributed by atoms with Gasteiger partial charge >= 0.3 is 6.09 Å². The third-order valence-electron chi connectivity index (χ3n) is 2.94. The fraction of sp³-hybridized carbons (Fsp3) is 0.357. The van der Waals surface area contributed by atoms with E-state index in [4.69, 9.17) is 4.74 Å². The summed E-state index contributed by atoms with van der Waals surface area (Å²) in [4.78, 5) is 11.6. The molecule has 4 nitrogen and oxygen atoms in total. The number of amides is 1. The van der Waals surface area contributed by atoms with Crippen molar-refractivity contribution in [3.8, 4) is 0 Å². The van der Waals surface area contributed by atoms with E-state index in [0.29, 0.717) is 5.06 Å². The Morgan fingerprint density at radius 3 is 2.83 bits per heavy atom. The molecule has 1 atom stereocenters. The molecule has 1 aliphatic rings. The summed E-state index contributed by atoms with van der Waals surface area (Å²) in [5.41, 5.74) is 0.901. The van der Waals surface area contributed by atoms with Crippen LogP contribution in [0.2, 0.25) is 0 Å². The van der Waals surface area contributed by atoms with Gasteiger partial charge in [0.25, 0.3) is 0 Å². The molecule has 0 bridgehead atoms. The molecule has 1 aromatic carbocycles. The van der Waals surface area contributed by atoms with Crippen LogP contribution in [0, 0.1) is 0 Å². The minimum absolute atomic E-state index is 0.174. The van der Waals surface area contributed by atoms with E-state index in [1.54, 1.807) is 0 Å². The number of carbonyl (C=O) groups excluding carboxylic acids is 1. The van der Waals surface area contributed by atoms with E-state index >= 15 is 0 Å². The average Bonchev–Trinajstić information content (AvgIpc) is 2.46. The molecule has 18 heavy (non-hydrogen) atoms. The summed E-state index contributed by atoms with van der Waals surface area (Å²) in [5, 5.41) is 10.4. The van der Waals surface area contributed by atoms with Crippen molar-refractivity contribution >= 4 is 6.09 Å². The molecule has 0 heterocycles. The number of hydrogen-bond donors (Lipinski definition) is 1. The lowest BCUT2D eigenvalue weighted by Gasteiger charge is -2.24. The first-order valence-electron chi connectivity index (χ1n) is 6.13. The van der Waals surface area contributed by atoms with Gasteiger partial charge in [-0.2, -0.15) is 5.06 Å². The third kappa shape index (κ3) is 3.34. The van der Waals surface area contributed by atoms with Gasteiger partial charge in [-0.05, 0) is 24.8 Å². The first kappa shape index (κ1) is 12.6. The highest BCUT2D eigenvalue weighted by atomic mass is 16.6. The maximum Gasteiger partial charge on any atom is 0.434 e. The number of nitrogens with zero attached hydrogens (tertiary/aromatic N) is 1. The van der Waals surface area contributed by atoms with Crippen molar-refractivity contribution < 1.29 is 14.7 Å². The molecular formula is C14H17NO3. The van der Waals surface area contributed by atoms with Crippen LogP contribution in [0.1, 0.15) is 24.8 Å². The molecule has 1 N–H and O–H groups in total. The zero-order chi connectivity index (χ0) is 12.8. The predicted molar refractivity (Wildman–Crippen MR) is 67.0 cm³/mol. The van der Waals surface area contributed by atoms with Crippen molar-refractivity contribution in [2.45, 2.75) is 31.9 Å². The SMILES string of the molecule is O=C(OCc1ccccc1)N(O)C1C=CCCC1. The van der Waals surface area contributed by atoms with E-state index in [1.165, 1.54) is 0 Å². The largest absolute Gasteiger partial charge is 0.443 e. The Labute approximate surface area is 106 Å². The highest BCUT2D eigenvalue weighted by Crippen LogP contribution is 2.16. The molecule has 0 aliphatic heterocycles. The van der Waals surface area contributed by atoms with Gasteiger partial charge in [-0.15, -0.1) is 0 Å². The second-order valence-corrected chi connectivity index (χ2v) is 4.31.